The van der Waals surface area contributed by atoms with E-state index in [-0.39, 0.29) is 12.1 Å². The molecule has 0 radical (unpaired) electrons. The molecule has 2 atom stereocenters. The average Bonchev–Trinajstić information content (AvgIpc) is 3.01. The van der Waals surface area contributed by atoms with Crippen LogP contribution >= 0.6 is 11.3 Å². The molecular weight excluding hydrogens is 280 g/mol. The second-order valence-electron chi connectivity index (χ2n) is 5.26. The summed E-state index contributed by atoms with van der Waals surface area (Å²) >= 11 is 1.77. The molecule has 0 saturated carbocycles. The van der Waals surface area contributed by atoms with Crippen LogP contribution in [0.1, 0.15) is 29.8 Å². The summed E-state index contributed by atoms with van der Waals surface area (Å²) in [6.45, 7) is 2.96. The Hall–Kier alpha value is -1.36. The van der Waals surface area contributed by atoms with Crippen LogP contribution in [0.3, 0.4) is 0 Å². The highest BCUT2D eigenvalue weighted by molar-refractivity contribution is 7.10. The van der Waals surface area contributed by atoms with Gasteiger partial charge in [-0.3, -0.25) is 4.90 Å². The average molecular weight is 304 g/mol. The fraction of sp³-hybridized carbons (Fsp3) is 0.412. The van der Waals surface area contributed by atoms with Gasteiger partial charge in [0.05, 0.1) is 13.2 Å². The molecule has 0 spiro atoms. The Morgan fingerprint density at radius 1 is 1.24 bits per heavy atom. The van der Waals surface area contributed by atoms with Crippen molar-refractivity contribution in [1.29, 1.82) is 0 Å². The van der Waals surface area contributed by atoms with Gasteiger partial charge in [-0.1, -0.05) is 31.2 Å². The van der Waals surface area contributed by atoms with E-state index >= 15 is 0 Å². The summed E-state index contributed by atoms with van der Waals surface area (Å²) in [7, 11) is 3.85. The van der Waals surface area contributed by atoms with E-state index in [1.807, 2.05) is 18.2 Å². The van der Waals surface area contributed by atoms with Crippen LogP contribution in [0.2, 0.25) is 0 Å². The molecule has 4 heteroatoms. The van der Waals surface area contributed by atoms with Gasteiger partial charge in [0.1, 0.15) is 5.75 Å². The number of para-hydroxylation sites is 1. The zero-order chi connectivity index (χ0) is 15.2. The highest BCUT2D eigenvalue weighted by Crippen LogP contribution is 2.30. The van der Waals surface area contributed by atoms with Crippen LogP contribution in [0.5, 0.6) is 5.75 Å². The van der Waals surface area contributed by atoms with E-state index in [9.17, 15) is 0 Å². The van der Waals surface area contributed by atoms with Crippen molar-refractivity contribution in [2.45, 2.75) is 32.0 Å². The molecule has 2 aromatic rings. The number of hydrogen-bond donors (Lipinski definition) is 1. The van der Waals surface area contributed by atoms with Gasteiger partial charge in [-0.25, -0.2) is 0 Å². The largest absolute Gasteiger partial charge is 0.496 e. The first-order valence-corrected chi connectivity index (χ1v) is 8.16. The number of nitrogens with zero attached hydrogens (tertiary/aromatic N) is 1. The number of rotatable bonds is 7. The van der Waals surface area contributed by atoms with Gasteiger partial charge in [-0.15, -0.1) is 11.3 Å². The molecule has 1 heterocycles. The minimum Gasteiger partial charge on any atom is -0.496 e. The van der Waals surface area contributed by atoms with Crippen LogP contribution < -0.4 is 10.5 Å². The van der Waals surface area contributed by atoms with Crippen LogP contribution in [0.25, 0.3) is 0 Å². The van der Waals surface area contributed by atoms with Crippen molar-refractivity contribution in [2.75, 3.05) is 14.2 Å². The minimum absolute atomic E-state index is 0.128. The first kappa shape index (κ1) is 16.0. The third-order valence-corrected chi connectivity index (χ3v) is 4.74. The number of methoxy groups -OCH3 is 1. The highest BCUT2D eigenvalue weighted by Gasteiger charge is 2.24. The summed E-state index contributed by atoms with van der Waals surface area (Å²) in [5.41, 5.74) is 7.55. The second-order valence-corrected chi connectivity index (χ2v) is 6.24. The fourth-order valence-electron chi connectivity index (χ4n) is 2.64. The van der Waals surface area contributed by atoms with Gasteiger partial charge in [-0.2, -0.15) is 0 Å². The third kappa shape index (κ3) is 3.84. The Balaban J connectivity index is 2.21. The lowest BCUT2D eigenvalue weighted by molar-refractivity contribution is 0.202. The molecule has 0 bridgehead atoms. The molecule has 0 aliphatic rings. The van der Waals surface area contributed by atoms with Crippen LogP contribution in [0.15, 0.2) is 41.8 Å². The Morgan fingerprint density at radius 2 is 2.00 bits per heavy atom. The zero-order valence-corrected chi connectivity index (χ0v) is 13.8. The Morgan fingerprint density at radius 3 is 2.62 bits per heavy atom. The summed E-state index contributed by atoms with van der Waals surface area (Å²) in [6, 6.07) is 12.8. The van der Waals surface area contributed by atoms with Crippen molar-refractivity contribution < 1.29 is 4.74 Å². The van der Waals surface area contributed by atoms with Crippen molar-refractivity contribution in [3.8, 4) is 5.75 Å². The normalized spacial score (nSPS) is 14.1. The van der Waals surface area contributed by atoms with E-state index in [1.165, 1.54) is 10.4 Å². The smallest absolute Gasteiger partial charge is 0.123 e. The van der Waals surface area contributed by atoms with E-state index in [0.29, 0.717) is 0 Å². The summed E-state index contributed by atoms with van der Waals surface area (Å²) in [5.74, 6) is 0.930. The van der Waals surface area contributed by atoms with Crippen molar-refractivity contribution >= 4 is 11.3 Å². The maximum absolute atomic E-state index is 6.37. The first-order valence-electron chi connectivity index (χ1n) is 7.28. The summed E-state index contributed by atoms with van der Waals surface area (Å²) in [6.07, 6.45) is 0.957. The SMILES string of the molecule is CCC(N)C(c1cccs1)N(C)Cc1ccccc1OC. The van der Waals surface area contributed by atoms with Crippen molar-refractivity contribution in [1.82, 2.24) is 4.90 Å². The molecule has 21 heavy (non-hydrogen) atoms. The third-order valence-electron chi connectivity index (χ3n) is 3.80. The number of hydrogen-bond acceptors (Lipinski definition) is 4. The zero-order valence-electron chi connectivity index (χ0n) is 13.0. The minimum atomic E-state index is 0.128. The maximum atomic E-state index is 6.37. The predicted molar refractivity (Wildman–Crippen MR) is 89.8 cm³/mol. The molecule has 0 aliphatic carbocycles. The standard InChI is InChI=1S/C17H24N2OS/c1-4-14(18)17(16-10-7-11-21-16)19(2)12-13-8-5-6-9-15(13)20-3/h5-11,14,17H,4,12,18H2,1-3H3. The molecule has 114 valence electrons. The van der Waals surface area contributed by atoms with E-state index in [4.69, 9.17) is 10.5 Å². The summed E-state index contributed by atoms with van der Waals surface area (Å²) in [4.78, 5) is 3.64. The lowest BCUT2D eigenvalue weighted by Crippen LogP contribution is -2.38. The number of likely N-dealkylation sites (N-methyl/N-ethyl adjacent to an activating group) is 1. The molecule has 2 rings (SSSR count). The van der Waals surface area contributed by atoms with Gasteiger partial charge in [0.25, 0.3) is 0 Å². The molecular formula is C17H24N2OS. The Labute approximate surface area is 131 Å². The van der Waals surface area contributed by atoms with Gasteiger partial charge < -0.3 is 10.5 Å². The molecule has 0 fully saturated rings. The molecule has 0 amide bonds. The molecule has 2 unspecified atom stereocenters. The van der Waals surface area contributed by atoms with Crippen molar-refractivity contribution in [2.24, 2.45) is 5.73 Å². The van der Waals surface area contributed by atoms with E-state index in [0.717, 1.165) is 18.7 Å². The van der Waals surface area contributed by atoms with E-state index in [2.05, 4.69) is 42.5 Å². The molecule has 3 nitrogen and oxygen atoms in total. The lowest BCUT2D eigenvalue weighted by Gasteiger charge is -2.32. The Kier molecular flexibility index (Phi) is 5.79. The molecule has 0 aliphatic heterocycles. The van der Waals surface area contributed by atoms with Crippen molar-refractivity contribution in [3.63, 3.8) is 0 Å². The predicted octanol–water partition coefficient (Wildman–Crippen LogP) is 3.67. The number of benzene rings is 1. The Bertz CT molecular complexity index is 541. The topological polar surface area (TPSA) is 38.5 Å². The van der Waals surface area contributed by atoms with Crippen LogP contribution in [0, 0.1) is 0 Å². The summed E-state index contributed by atoms with van der Waals surface area (Å²) < 4.78 is 5.45. The molecule has 0 saturated heterocycles. The van der Waals surface area contributed by atoms with E-state index < -0.39 is 0 Å². The molecule has 1 aromatic carbocycles. The van der Waals surface area contributed by atoms with E-state index in [1.54, 1.807) is 18.4 Å². The second kappa shape index (κ2) is 7.59. The van der Waals surface area contributed by atoms with Gasteiger partial charge in [0, 0.05) is 23.0 Å². The van der Waals surface area contributed by atoms with Crippen molar-refractivity contribution in [3.05, 3.63) is 52.2 Å². The molecule has 1 aromatic heterocycles. The lowest BCUT2D eigenvalue weighted by atomic mass is 10.0. The summed E-state index contributed by atoms with van der Waals surface area (Å²) in [5, 5.41) is 2.11. The van der Waals surface area contributed by atoms with Crippen LogP contribution in [-0.2, 0) is 6.54 Å². The van der Waals surface area contributed by atoms with Gasteiger partial charge in [0.15, 0.2) is 0 Å². The first-order chi connectivity index (χ1) is 10.2. The number of ether oxygens (including phenoxy) is 1. The monoisotopic (exact) mass is 304 g/mol. The van der Waals surface area contributed by atoms with Crippen LogP contribution in [-0.4, -0.2) is 25.1 Å². The molecule has 2 N–H and O–H groups in total. The van der Waals surface area contributed by atoms with Gasteiger partial charge in [0.2, 0.25) is 0 Å². The fourth-order valence-corrected chi connectivity index (χ4v) is 3.60. The highest BCUT2D eigenvalue weighted by atomic mass is 32.1. The van der Waals surface area contributed by atoms with Gasteiger partial charge >= 0.3 is 0 Å². The number of thiophene rings is 1. The number of nitrogens with two attached hydrogens (primary N) is 1. The quantitative estimate of drug-likeness (QED) is 0.848. The van der Waals surface area contributed by atoms with Crippen LogP contribution in [0.4, 0.5) is 0 Å². The maximum Gasteiger partial charge on any atom is 0.123 e. The van der Waals surface area contributed by atoms with Gasteiger partial charge in [-0.05, 0) is 31.0 Å².